The van der Waals surface area contributed by atoms with Gasteiger partial charge in [0.25, 0.3) is 0 Å². The lowest BCUT2D eigenvalue weighted by Crippen LogP contribution is -2.44. The van der Waals surface area contributed by atoms with Crippen LogP contribution in [0.25, 0.3) is 0 Å². The van der Waals surface area contributed by atoms with Crippen molar-refractivity contribution in [3.63, 3.8) is 0 Å². The first-order valence-electron chi connectivity index (χ1n) is 5.75. The number of hydrogen-bond acceptors (Lipinski definition) is 6. The Labute approximate surface area is 114 Å². The predicted octanol–water partition coefficient (Wildman–Crippen LogP) is -2.20. The Kier molecular flexibility index (Phi) is 7.49. The molecule has 0 bridgehead atoms. The van der Waals surface area contributed by atoms with E-state index in [-0.39, 0.29) is 31.0 Å². The van der Waals surface area contributed by atoms with E-state index in [0.29, 0.717) is 0 Å². The Hall–Kier alpha value is -0.710. The van der Waals surface area contributed by atoms with Gasteiger partial charge in [-0.1, -0.05) is 6.92 Å². The minimum absolute atomic E-state index is 0.00459. The SMILES string of the molecule is CCNS(=O)(=O)CCNC(=O)C(N)CCS(C)(=O)=O. The van der Waals surface area contributed by atoms with E-state index in [1.807, 2.05) is 0 Å². The van der Waals surface area contributed by atoms with Crippen LogP contribution in [0.2, 0.25) is 0 Å². The highest BCUT2D eigenvalue weighted by molar-refractivity contribution is 7.90. The maximum absolute atomic E-state index is 11.5. The molecular formula is C9H21N3O5S2. The van der Waals surface area contributed by atoms with Crippen molar-refractivity contribution in [2.75, 3.05) is 30.9 Å². The van der Waals surface area contributed by atoms with Crippen LogP contribution in [-0.2, 0) is 24.7 Å². The number of amides is 1. The molecule has 0 radical (unpaired) electrons. The second-order valence-corrected chi connectivity index (χ2v) is 8.32. The maximum atomic E-state index is 11.5. The van der Waals surface area contributed by atoms with Crippen molar-refractivity contribution in [1.82, 2.24) is 10.0 Å². The number of sulfonamides is 1. The van der Waals surface area contributed by atoms with E-state index in [1.54, 1.807) is 6.92 Å². The van der Waals surface area contributed by atoms with Gasteiger partial charge in [0.1, 0.15) is 9.84 Å². The van der Waals surface area contributed by atoms with E-state index in [4.69, 9.17) is 5.73 Å². The Balaban J connectivity index is 4.05. The van der Waals surface area contributed by atoms with Gasteiger partial charge in [-0.05, 0) is 6.42 Å². The first-order chi connectivity index (χ1) is 8.57. The molecule has 0 aromatic heterocycles. The average molecular weight is 315 g/mol. The molecule has 1 amide bonds. The molecule has 4 N–H and O–H groups in total. The number of carbonyl (C=O) groups is 1. The maximum Gasteiger partial charge on any atom is 0.236 e. The number of rotatable bonds is 9. The fourth-order valence-electron chi connectivity index (χ4n) is 1.20. The summed E-state index contributed by atoms with van der Waals surface area (Å²) in [4.78, 5) is 11.5. The largest absolute Gasteiger partial charge is 0.354 e. The molecule has 1 atom stereocenters. The summed E-state index contributed by atoms with van der Waals surface area (Å²) in [5, 5.41) is 2.36. The van der Waals surface area contributed by atoms with Crippen molar-refractivity contribution in [1.29, 1.82) is 0 Å². The molecule has 0 rings (SSSR count). The van der Waals surface area contributed by atoms with E-state index in [2.05, 4.69) is 10.0 Å². The molecule has 0 aliphatic rings. The second kappa shape index (κ2) is 7.78. The zero-order chi connectivity index (χ0) is 15.1. The Morgan fingerprint density at radius 1 is 1.21 bits per heavy atom. The summed E-state index contributed by atoms with van der Waals surface area (Å²) in [6.45, 7) is 1.86. The third-order valence-electron chi connectivity index (χ3n) is 2.17. The fraction of sp³-hybridized carbons (Fsp3) is 0.889. The molecular weight excluding hydrogens is 294 g/mol. The molecule has 19 heavy (non-hydrogen) atoms. The zero-order valence-corrected chi connectivity index (χ0v) is 12.7. The van der Waals surface area contributed by atoms with Gasteiger partial charge in [0, 0.05) is 19.3 Å². The zero-order valence-electron chi connectivity index (χ0n) is 11.0. The summed E-state index contributed by atoms with van der Waals surface area (Å²) in [5.74, 6) is -0.988. The van der Waals surface area contributed by atoms with Crippen molar-refractivity contribution in [2.45, 2.75) is 19.4 Å². The average Bonchev–Trinajstić information content (AvgIpc) is 2.24. The molecule has 10 heteroatoms. The van der Waals surface area contributed by atoms with Crippen LogP contribution < -0.4 is 15.8 Å². The monoisotopic (exact) mass is 315 g/mol. The van der Waals surface area contributed by atoms with Crippen molar-refractivity contribution in [3.8, 4) is 0 Å². The van der Waals surface area contributed by atoms with Crippen molar-refractivity contribution in [3.05, 3.63) is 0 Å². The molecule has 0 fully saturated rings. The summed E-state index contributed by atoms with van der Waals surface area (Å²) in [6.07, 6.45) is 1.06. The minimum Gasteiger partial charge on any atom is -0.354 e. The lowest BCUT2D eigenvalue weighted by atomic mass is 10.2. The van der Waals surface area contributed by atoms with Gasteiger partial charge in [0.15, 0.2) is 0 Å². The van der Waals surface area contributed by atoms with Crippen LogP contribution >= 0.6 is 0 Å². The van der Waals surface area contributed by atoms with Crippen LogP contribution in [-0.4, -0.2) is 59.6 Å². The quantitative estimate of drug-likeness (QED) is 0.442. The van der Waals surface area contributed by atoms with Gasteiger partial charge in [0.05, 0.1) is 17.5 Å². The smallest absolute Gasteiger partial charge is 0.236 e. The number of sulfone groups is 1. The molecule has 8 nitrogen and oxygen atoms in total. The second-order valence-electron chi connectivity index (χ2n) is 4.13. The van der Waals surface area contributed by atoms with Crippen LogP contribution in [0.4, 0.5) is 0 Å². The van der Waals surface area contributed by atoms with Crippen molar-refractivity contribution >= 4 is 25.8 Å². The molecule has 0 aliphatic heterocycles. The number of nitrogens with one attached hydrogen (secondary N) is 2. The lowest BCUT2D eigenvalue weighted by Gasteiger charge is -2.11. The van der Waals surface area contributed by atoms with E-state index >= 15 is 0 Å². The third kappa shape index (κ3) is 9.82. The minimum atomic E-state index is -3.39. The standard InChI is InChI=1S/C9H21N3O5S2/c1-3-12-19(16,17)7-5-11-9(13)8(10)4-6-18(2,14)15/h8,12H,3-7,10H2,1-2H3,(H,11,13). The molecule has 0 aliphatic carbocycles. The van der Waals surface area contributed by atoms with Crippen LogP contribution in [0.15, 0.2) is 0 Å². The van der Waals surface area contributed by atoms with Crippen LogP contribution in [0.5, 0.6) is 0 Å². The molecule has 0 saturated carbocycles. The summed E-state index contributed by atoms with van der Waals surface area (Å²) in [6, 6.07) is -0.962. The highest BCUT2D eigenvalue weighted by Gasteiger charge is 2.16. The lowest BCUT2D eigenvalue weighted by molar-refractivity contribution is -0.122. The fourth-order valence-corrected chi connectivity index (χ4v) is 2.84. The number of nitrogens with two attached hydrogens (primary N) is 1. The van der Waals surface area contributed by atoms with Gasteiger partial charge < -0.3 is 11.1 Å². The predicted molar refractivity (Wildman–Crippen MR) is 72.8 cm³/mol. The molecule has 114 valence electrons. The van der Waals surface area contributed by atoms with Gasteiger partial charge >= 0.3 is 0 Å². The summed E-state index contributed by atoms with van der Waals surface area (Å²) >= 11 is 0. The topological polar surface area (TPSA) is 135 Å². The first kappa shape index (κ1) is 18.3. The van der Waals surface area contributed by atoms with E-state index < -0.39 is 31.8 Å². The van der Waals surface area contributed by atoms with Crippen LogP contribution in [0, 0.1) is 0 Å². The molecule has 0 heterocycles. The first-order valence-corrected chi connectivity index (χ1v) is 9.47. The third-order valence-corrected chi connectivity index (χ3v) is 4.62. The van der Waals surface area contributed by atoms with Gasteiger partial charge in [-0.15, -0.1) is 0 Å². The van der Waals surface area contributed by atoms with Crippen molar-refractivity contribution < 1.29 is 21.6 Å². The van der Waals surface area contributed by atoms with Crippen molar-refractivity contribution in [2.24, 2.45) is 5.73 Å². The summed E-state index contributed by atoms with van der Waals surface area (Å²) in [5.41, 5.74) is 5.49. The molecule has 0 spiro atoms. The molecule has 0 aromatic rings. The van der Waals surface area contributed by atoms with Gasteiger partial charge in [0.2, 0.25) is 15.9 Å². The van der Waals surface area contributed by atoms with Crippen LogP contribution in [0.1, 0.15) is 13.3 Å². The van der Waals surface area contributed by atoms with Gasteiger partial charge in [-0.2, -0.15) is 0 Å². The van der Waals surface area contributed by atoms with Gasteiger partial charge in [-0.25, -0.2) is 21.6 Å². The van der Waals surface area contributed by atoms with Gasteiger partial charge in [-0.3, -0.25) is 4.79 Å². The summed E-state index contributed by atoms with van der Waals surface area (Å²) < 4.78 is 46.6. The van der Waals surface area contributed by atoms with E-state index in [0.717, 1.165) is 6.26 Å². The Bertz CT molecular complexity index is 486. The Morgan fingerprint density at radius 2 is 1.79 bits per heavy atom. The summed E-state index contributed by atoms with van der Waals surface area (Å²) in [7, 11) is -6.56. The molecule has 0 aromatic carbocycles. The molecule has 1 unspecified atom stereocenters. The normalized spacial score (nSPS) is 14.1. The highest BCUT2D eigenvalue weighted by atomic mass is 32.2. The molecule has 0 saturated heterocycles. The Morgan fingerprint density at radius 3 is 2.26 bits per heavy atom. The highest BCUT2D eigenvalue weighted by Crippen LogP contribution is 1.94. The number of carbonyl (C=O) groups excluding carboxylic acids is 1. The van der Waals surface area contributed by atoms with E-state index in [1.165, 1.54) is 0 Å². The number of hydrogen-bond donors (Lipinski definition) is 3. The van der Waals surface area contributed by atoms with E-state index in [9.17, 15) is 21.6 Å². The van der Waals surface area contributed by atoms with Crippen LogP contribution in [0.3, 0.4) is 0 Å².